The lowest BCUT2D eigenvalue weighted by atomic mass is 10.5. The van der Waals surface area contributed by atoms with Crippen molar-refractivity contribution in [3.05, 3.63) is 18.2 Å². The number of primary amides is 1. The molecule has 0 spiro atoms. The quantitative estimate of drug-likeness (QED) is 0.590. The molecular formula is C6H8N4OS. The van der Waals surface area contributed by atoms with Gasteiger partial charge in [0.2, 0.25) is 5.91 Å². The van der Waals surface area contributed by atoms with E-state index in [-0.39, 0.29) is 11.5 Å². The summed E-state index contributed by atoms with van der Waals surface area (Å²) in [5.41, 5.74) is 10.3. The van der Waals surface area contributed by atoms with Gasteiger partial charge < -0.3 is 16.0 Å². The highest BCUT2D eigenvalue weighted by atomic mass is 32.1. The van der Waals surface area contributed by atoms with Gasteiger partial charge in [-0.25, -0.2) is 4.98 Å². The molecule has 0 saturated carbocycles. The molecule has 1 amide bonds. The number of imidazole rings is 1. The second kappa shape index (κ2) is 3.31. The minimum Gasteiger partial charge on any atom is -0.387 e. The lowest BCUT2D eigenvalue weighted by Crippen LogP contribution is -2.23. The first-order valence-corrected chi connectivity index (χ1v) is 3.61. The van der Waals surface area contributed by atoms with Gasteiger partial charge in [-0.05, 0) is 0 Å². The molecule has 0 fully saturated rings. The summed E-state index contributed by atoms with van der Waals surface area (Å²) >= 11 is 4.70. The predicted molar refractivity (Wildman–Crippen MR) is 47.3 cm³/mol. The van der Waals surface area contributed by atoms with Crippen molar-refractivity contribution in [3.8, 4) is 0 Å². The fraction of sp³-hybridized carbons (Fsp3) is 0.167. The van der Waals surface area contributed by atoms with Crippen molar-refractivity contribution in [2.75, 3.05) is 0 Å². The van der Waals surface area contributed by atoms with Gasteiger partial charge in [0.25, 0.3) is 0 Å². The van der Waals surface area contributed by atoms with E-state index in [0.29, 0.717) is 5.82 Å². The molecule has 0 aliphatic carbocycles. The molecule has 0 aliphatic rings. The summed E-state index contributed by atoms with van der Waals surface area (Å²) in [4.78, 5) is 14.5. The Morgan fingerprint density at radius 3 is 2.83 bits per heavy atom. The van der Waals surface area contributed by atoms with Crippen LogP contribution < -0.4 is 11.5 Å². The first kappa shape index (κ1) is 8.66. The number of aromatic nitrogens is 2. The Balaban J connectivity index is 2.91. The van der Waals surface area contributed by atoms with Crippen LogP contribution in [-0.2, 0) is 11.3 Å². The lowest BCUT2D eigenvalue weighted by molar-refractivity contribution is -0.118. The van der Waals surface area contributed by atoms with E-state index in [1.54, 1.807) is 6.20 Å². The molecule has 6 heteroatoms. The highest BCUT2D eigenvalue weighted by Gasteiger charge is 2.06. The average molecular weight is 184 g/mol. The molecule has 0 aromatic carbocycles. The number of amides is 1. The van der Waals surface area contributed by atoms with Gasteiger partial charge in [-0.15, -0.1) is 0 Å². The Bertz CT molecular complexity index is 319. The SMILES string of the molecule is NC(=O)Cn1ccnc1C(N)=S. The molecule has 0 bridgehead atoms. The van der Waals surface area contributed by atoms with Gasteiger partial charge in [-0.2, -0.15) is 0 Å². The predicted octanol–water partition coefficient (Wildman–Crippen LogP) is -0.997. The largest absolute Gasteiger partial charge is 0.387 e. The number of carbonyl (C=O) groups is 1. The van der Waals surface area contributed by atoms with Crippen molar-refractivity contribution in [1.29, 1.82) is 0 Å². The summed E-state index contributed by atoms with van der Waals surface area (Å²) in [6, 6.07) is 0. The van der Waals surface area contributed by atoms with Crippen LogP contribution in [0.5, 0.6) is 0 Å². The standard InChI is InChI=1S/C6H8N4OS/c7-4(11)3-10-2-1-9-6(10)5(8)12/h1-2H,3H2,(H2,7,11)(H2,8,12). The smallest absolute Gasteiger partial charge is 0.237 e. The molecule has 4 N–H and O–H groups in total. The summed E-state index contributed by atoms with van der Waals surface area (Å²) < 4.78 is 1.50. The molecule has 1 heterocycles. The highest BCUT2D eigenvalue weighted by molar-refractivity contribution is 7.80. The van der Waals surface area contributed by atoms with E-state index in [4.69, 9.17) is 23.7 Å². The molecule has 0 unspecified atom stereocenters. The van der Waals surface area contributed by atoms with Crippen LogP contribution in [0.25, 0.3) is 0 Å². The van der Waals surface area contributed by atoms with E-state index in [1.807, 2.05) is 0 Å². The summed E-state index contributed by atoms with van der Waals surface area (Å²) in [5, 5.41) is 0. The number of nitrogens with two attached hydrogens (primary N) is 2. The Labute approximate surface area is 74.4 Å². The zero-order valence-corrected chi connectivity index (χ0v) is 7.04. The molecule has 12 heavy (non-hydrogen) atoms. The fourth-order valence-electron chi connectivity index (χ4n) is 0.830. The van der Waals surface area contributed by atoms with Crippen LogP contribution in [-0.4, -0.2) is 20.4 Å². The van der Waals surface area contributed by atoms with Crippen LogP contribution in [0.4, 0.5) is 0 Å². The number of carbonyl (C=O) groups excluding carboxylic acids is 1. The van der Waals surface area contributed by atoms with Crippen molar-refractivity contribution in [2.24, 2.45) is 11.5 Å². The third-order valence-corrected chi connectivity index (χ3v) is 1.44. The number of rotatable bonds is 3. The lowest BCUT2D eigenvalue weighted by Gasteiger charge is -2.01. The Kier molecular flexibility index (Phi) is 2.39. The molecular weight excluding hydrogens is 176 g/mol. The topological polar surface area (TPSA) is 86.9 Å². The van der Waals surface area contributed by atoms with Crippen LogP contribution in [0.15, 0.2) is 12.4 Å². The maximum absolute atomic E-state index is 10.5. The van der Waals surface area contributed by atoms with E-state index in [9.17, 15) is 4.79 Å². The molecule has 1 aromatic heterocycles. The number of nitrogens with zero attached hydrogens (tertiary/aromatic N) is 2. The van der Waals surface area contributed by atoms with E-state index in [1.165, 1.54) is 10.8 Å². The van der Waals surface area contributed by atoms with Crippen molar-refractivity contribution in [2.45, 2.75) is 6.54 Å². The van der Waals surface area contributed by atoms with Crippen LogP contribution in [0.3, 0.4) is 0 Å². The molecule has 5 nitrogen and oxygen atoms in total. The minimum absolute atomic E-state index is 0.0483. The molecule has 0 aliphatic heterocycles. The van der Waals surface area contributed by atoms with Crippen LogP contribution in [0, 0.1) is 0 Å². The van der Waals surface area contributed by atoms with E-state index in [2.05, 4.69) is 4.98 Å². The van der Waals surface area contributed by atoms with Crippen molar-refractivity contribution < 1.29 is 4.79 Å². The van der Waals surface area contributed by atoms with Gasteiger partial charge in [-0.3, -0.25) is 4.79 Å². The average Bonchev–Trinajstić information content (AvgIpc) is 2.33. The van der Waals surface area contributed by atoms with Crippen molar-refractivity contribution in [1.82, 2.24) is 9.55 Å². The van der Waals surface area contributed by atoms with E-state index < -0.39 is 5.91 Å². The van der Waals surface area contributed by atoms with Crippen LogP contribution >= 0.6 is 12.2 Å². The maximum Gasteiger partial charge on any atom is 0.237 e. The summed E-state index contributed by atoms with van der Waals surface area (Å²) in [6.45, 7) is 0.0483. The molecule has 64 valence electrons. The minimum atomic E-state index is -0.453. The highest BCUT2D eigenvalue weighted by Crippen LogP contribution is 1.96. The maximum atomic E-state index is 10.5. The monoisotopic (exact) mass is 184 g/mol. The van der Waals surface area contributed by atoms with Crippen LogP contribution in [0.1, 0.15) is 5.82 Å². The Morgan fingerprint density at radius 2 is 2.33 bits per heavy atom. The van der Waals surface area contributed by atoms with Gasteiger partial charge >= 0.3 is 0 Å². The number of thiocarbonyl (C=S) groups is 1. The zero-order chi connectivity index (χ0) is 9.14. The van der Waals surface area contributed by atoms with Crippen LogP contribution in [0.2, 0.25) is 0 Å². The number of hydrogen-bond acceptors (Lipinski definition) is 3. The molecule has 1 rings (SSSR count). The normalized spacial score (nSPS) is 9.67. The third kappa shape index (κ3) is 1.79. The van der Waals surface area contributed by atoms with Crippen molar-refractivity contribution >= 4 is 23.1 Å². The first-order valence-electron chi connectivity index (χ1n) is 3.20. The third-order valence-electron chi connectivity index (χ3n) is 1.26. The van der Waals surface area contributed by atoms with Gasteiger partial charge in [0.05, 0.1) is 0 Å². The Morgan fingerprint density at radius 1 is 1.67 bits per heavy atom. The zero-order valence-electron chi connectivity index (χ0n) is 6.23. The van der Waals surface area contributed by atoms with Gasteiger partial charge in [0.15, 0.2) is 5.82 Å². The molecule has 0 atom stereocenters. The summed E-state index contributed by atoms with van der Waals surface area (Å²) in [7, 11) is 0. The number of hydrogen-bond donors (Lipinski definition) is 2. The second-order valence-electron chi connectivity index (χ2n) is 2.21. The van der Waals surface area contributed by atoms with E-state index >= 15 is 0 Å². The summed E-state index contributed by atoms with van der Waals surface area (Å²) in [6.07, 6.45) is 3.11. The van der Waals surface area contributed by atoms with Gasteiger partial charge in [-0.1, -0.05) is 12.2 Å². The Hall–Kier alpha value is -1.43. The fourth-order valence-corrected chi connectivity index (χ4v) is 1.000. The van der Waals surface area contributed by atoms with Gasteiger partial charge in [0, 0.05) is 12.4 Å². The first-order chi connectivity index (χ1) is 5.61. The second-order valence-corrected chi connectivity index (χ2v) is 2.65. The molecule has 0 saturated heterocycles. The van der Waals surface area contributed by atoms with Crippen molar-refractivity contribution in [3.63, 3.8) is 0 Å². The summed E-state index contributed by atoms with van der Waals surface area (Å²) in [5.74, 6) is -0.0469. The molecule has 0 radical (unpaired) electrons. The van der Waals surface area contributed by atoms with E-state index in [0.717, 1.165) is 0 Å². The molecule has 1 aromatic rings. The van der Waals surface area contributed by atoms with Gasteiger partial charge in [0.1, 0.15) is 11.5 Å².